The Morgan fingerprint density at radius 1 is 1.30 bits per heavy atom. The summed E-state index contributed by atoms with van der Waals surface area (Å²) in [6.07, 6.45) is 4.92. The summed E-state index contributed by atoms with van der Waals surface area (Å²) in [6.45, 7) is 8.87. The molecule has 9 heteroatoms. The van der Waals surface area contributed by atoms with Crippen LogP contribution < -0.4 is 10.2 Å². The van der Waals surface area contributed by atoms with Crippen LogP contribution in [0.5, 0.6) is 0 Å². The SMILES string of the molecule is C.C=CC(Nc1nc2n(n1)CCCC2c1ccc(F)cc1Cl)C1CCN(c2cc(C)ns2)C1. The first kappa shape index (κ1) is 23.7. The molecule has 1 aromatic carbocycles. The first-order valence-corrected chi connectivity index (χ1v) is 12.1. The standard InChI is InChI=1S/C23H26ClFN6S.CH4/c1-3-20(15-8-10-30(13-15)21-11-14(2)29-32-21)26-23-27-22-18(5-4-9-31(22)28-23)17-7-6-16(25)12-19(17)24;/h3,6-7,11-12,15,18,20H,1,4-5,8-10,13H2,2H3,(H,26,28);1H4. The molecule has 0 aliphatic carbocycles. The second-order valence-corrected chi connectivity index (χ2v) is 9.78. The minimum atomic E-state index is -0.327. The van der Waals surface area contributed by atoms with Crippen molar-refractivity contribution < 1.29 is 4.39 Å². The maximum Gasteiger partial charge on any atom is 0.242 e. The number of anilines is 2. The molecule has 2 aliphatic rings. The van der Waals surface area contributed by atoms with Crippen molar-refractivity contribution in [3.63, 3.8) is 0 Å². The largest absolute Gasteiger partial charge is 0.362 e. The normalized spacial score (nSPS) is 20.8. The molecular weight excluding hydrogens is 459 g/mol. The Balaban J connectivity index is 0.00000259. The Morgan fingerprint density at radius 2 is 2.15 bits per heavy atom. The maximum absolute atomic E-state index is 13.5. The highest BCUT2D eigenvalue weighted by Crippen LogP contribution is 2.37. The summed E-state index contributed by atoms with van der Waals surface area (Å²) in [7, 11) is 0. The molecule has 4 heterocycles. The van der Waals surface area contributed by atoms with E-state index in [0.717, 1.165) is 56.0 Å². The lowest BCUT2D eigenvalue weighted by Gasteiger charge is -2.23. The van der Waals surface area contributed by atoms with Gasteiger partial charge in [-0.1, -0.05) is 31.2 Å². The molecule has 3 atom stereocenters. The number of hydrogen-bond acceptors (Lipinski definition) is 6. The van der Waals surface area contributed by atoms with Crippen LogP contribution >= 0.6 is 23.1 Å². The summed E-state index contributed by atoms with van der Waals surface area (Å²) in [5.41, 5.74) is 1.97. The van der Waals surface area contributed by atoms with Crippen molar-refractivity contribution in [2.75, 3.05) is 23.3 Å². The highest BCUT2D eigenvalue weighted by molar-refractivity contribution is 7.10. The zero-order valence-electron chi connectivity index (χ0n) is 18.0. The molecule has 33 heavy (non-hydrogen) atoms. The molecule has 3 unspecified atom stereocenters. The number of benzene rings is 1. The summed E-state index contributed by atoms with van der Waals surface area (Å²) in [5, 5.41) is 9.89. The van der Waals surface area contributed by atoms with Crippen LogP contribution in [0, 0.1) is 18.7 Å². The van der Waals surface area contributed by atoms with Crippen molar-refractivity contribution in [2.45, 2.75) is 52.1 Å². The first-order chi connectivity index (χ1) is 15.5. The van der Waals surface area contributed by atoms with E-state index in [2.05, 4.69) is 27.2 Å². The predicted molar refractivity (Wildman–Crippen MR) is 134 cm³/mol. The van der Waals surface area contributed by atoms with Crippen molar-refractivity contribution in [2.24, 2.45) is 5.92 Å². The topological polar surface area (TPSA) is 58.9 Å². The van der Waals surface area contributed by atoms with E-state index in [4.69, 9.17) is 21.7 Å². The van der Waals surface area contributed by atoms with Gasteiger partial charge in [-0.3, -0.25) is 0 Å². The fourth-order valence-electron chi connectivity index (χ4n) is 4.79. The third-order valence-electron chi connectivity index (χ3n) is 6.42. The third kappa shape index (κ3) is 4.77. The van der Waals surface area contributed by atoms with Gasteiger partial charge < -0.3 is 10.2 Å². The summed E-state index contributed by atoms with van der Waals surface area (Å²) in [4.78, 5) is 7.23. The Morgan fingerprint density at radius 3 is 2.88 bits per heavy atom. The maximum atomic E-state index is 13.5. The Kier molecular flexibility index (Phi) is 7.05. The average Bonchev–Trinajstić information content (AvgIpc) is 3.51. The van der Waals surface area contributed by atoms with E-state index < -0.39 is 0 Å². The molecule has 1 saturated heterocycles. The first-order valence-electron chi connectivity index (χ1n) is 11.0. The fraction of sp³-hybridized carbons (Fsp3) is 0.458. The van der Waals surface area contributed by atoms with E-state index in [1.165, 1.54) is 17.1 Å². The Bertz CT molecular complexity index is 1130. The molecule has 176 valence electrons. The number of nitrogens with one attached hydrogen (secondary N) is 1. The molecule has 3 aromatic rings. The van der Waals surface area contributed by atoms with Gasteiger partial charge in [-0.15, -0.1) is 11.7 Å². The van der Waals surface area contributed by atoms with Crippen LogP contribution in [0.15, 0.2) is 36.9 Å². The molecule has 0 radical (unpaired) electrons. The second kappa shape index (κ2) is 9.81. The fourth-order valence-corrected chi connectivity index (χ4v) is 5.88. The van der Waals surface area contributed by atoms with E-state index in [9.17, 15) is 4.39 Å². The van der Waals surface area contributed by atoms with Gasteiger partial charge in [0, 0.05) is 36.5 Å². The highest BCUT2D eigenvalue weighted by Gasteiger charge is 2.31. The van der Waals surface area contributed by atoms with Crippen molar-refractivity contribution in [3.8, 4) is 0 Å². The lowest BCUT2D eigenvalue weighted by atomic mass is 9.91. The smallest absolute Gasteiger partial charge is 0.242 e. The van der Waals surface area contributed by atoms with Gasteiger partial charge in [0.15, 0.2) is 0 Å². The monoisotopic (exact) mass is 488 g/mol. The number of hydrogen-bond donors (Lipinski definition) is 1. The van der Waals surface area contributed by atoms with Crippen molar-refractivity contribution >= 4 is 34.1 Å². The summed E-state index contributed by atoms with van der Waals surface area (Å²) < 4.78 is 19.9. The van der Waals surface area contributed by atoms with Crippen molar-refractivity contribution in [1.82, 2.24) is 19.1 Å². The van der Waals surface area contributed by atoms with E-state index in [1.54, 1.807) is 17.6 Å². The molecule has 0 spiro atoms. The van der Waals surface area contributed by atoms with Crippen LogP contribution in [0.25, 0.3) is 0 Å². The van der Waals surface area contributed by atoms with Gasteiger partial charge in [0.1, 0.15) is 16.6 Å². The Hall–Kier alpha value is -2.45. The molecular formula is C24H30ClFN6S. The van der Waals surface area contributed by atoms with Crippen LogP contribution in [0.3, 0.4) is 0 Å². The molecule has 6 nitrogen and oxygen atoms in total. The average molecular weight is 489 g/mol. The molecule has 0 saturated carbocycles. The van der Waals surface area contributed by atoms with Crippen LogP contribution in [0.4, 0.5) is 15.3 Å². The highest BCUT2D eigenvalue weighted by atomic mass is 35.5. The van der Waals surface area contributed by atoms with Crippen molar-refractivity contribution in [3.05, 3.63) is 64.8 Å². The van der Waals surface area contributed by atoms with E-state index in [-0.39, 0.29) is 25.2 Å². The minimum absolute atomic E-state index is 0. The molecule has 2 aromatic heterocycles. The number of aryl methyl sites for hydroxylation is 2. The summed E-state index contributed by atoms with van der Waals surface area (Å²) in [5.74, 6) is 1.59. The zero-order valence-corrected chi connectivity index (χ0v) is 19.5. The van der Waals surface area contributed by atoms with Crippen LogP contribution in [0.1, 0.15) is 49.7 Å². The van der Waals surface area contributed by atoms with Crippen LogP contribution in [-0.4, -0.2) is 38.3 Å². The summed E-state index contributed by atoms with van der Waals surface area (Å²) in [6, 6.07) is 6.82. The van der Waals surface area contributed by atoms with E-state index >= 15 is 0 Å². The zero-order chi connectivity index (χ0) is 22.2. The summed E-state index contributed by atoms with van der Waals surface area (Å²) >= 11 is 7.92. The van der Waals surface area contributed by atoms with Gasteiger partial charge in [0.25, 0.3) is 0 Å². The molecule has 1 N–H and O–H groups in total. The van der Waals surface area contributed by atoms with Gasteiger partial charge in [-0.05, 0) is 61.5 Å². The van der Waals surface area contributed by atoms with Gasteiger partial charge in [0.2, 0.25) is 5.95 Å². The lowest BCUT2D eigenvalue weighted by Crippen LogP contribution is -2.30. The third-order valence-corrected chi connectivity index (χ3v) is 7.69. The van der Waals surface area contributed by atoms with E-state index in [0.29, 0.717) is 16.9 Å². The number of aromatic nitrogens is 4. The lowest BCUT2D eigenvalue weighted by molar-refractivity contribution is 0.445. The van der Waals surface area contributed by atoms with E-state index in [1.807, 2.05) is 17.7 Å². The molecule has 2 aliphatic heterocycles. The quantitative estimate of drug-likeness (QED) is 0.438. The molecule has 1 fully saturated rings. The van der Waals surface area contributed by atoms with Crippen LogP contribution in [0.2, 0.25) is 5.02 Å². The second-order valence-electron chi connectivity index (χ2n) is 8.58. The number of rotatable bonds is 6. The van der Waals surface area contributed by atoms with Gasteiger partial charge in [-0.25, -0.2) is 9.07 Å². The minimum Gasteiger partial charge on any atom is -0.362 e. The predicted octanol–water partition coefficient (Wildman–Crippen LogP) is 5.89. The number of fused-ring (bicyclic) bond motifs is 1. The number of nitrogens with zero attached hydrogens (tertiary/aromatic N) is 5. The molecule has 0 bridgehead atoms. The van der Waals surface area contributed by atoms with Crippen molar-refractivity contribution in [1.29, 1.82) is 0 Å². The number of halogens is 2. The Labute approximate surface area is 203 Å². The van der Waals surface area contributed by atoms with Gasteiger partial charge in [0.05, 0.1) is 11.7 Å². The van der Waals surface area contributed by atoms with Gasteiger partial charge in [-0.2, -0.15) is 9.36 Å². The van der Waals surface area contributed by atoms with Gasteiger partial charge >= 0.3 is 0 Å². The molecule has 0 amide bonds. The van der Waals surface area contributed by atoms with Crippen LogP contribution in [-0.2, 0) is 6.54 Å². The molecule has 5 rings (SSSR count).